The molecule has 6 heteroatoms. The molecule has 0 aromatic heterocycles. The molecular weight excluding hydrogens is 504 g/mol. The van der Waals surface area contributed by atoms with Crippen molar-refractivity contribution in [3.8, 4) is 0 Å². The number of aliphatic hydroxyl groups excluding tert-OH is 1. The normalized spacial score (nSPS) is 38.9. The van der Waals surface area contributed by atoms with Crippen LogP contribution in [0.1, 0.15) is 103 Å². The third-order valence-corrected chi connectivity index (χ3v) is 11.7. The molecule has 0 bridgehead atoms. The number of ketones is 1. The largest absolute Gasteiger partial charge is 0.458 e. The van der Waals surface area contributed by atoms with Crippen molar-refractivity contribution in [2.24, 2.45) is 34.5 Å². The Hall–Kier alpha value is -2.02. The molecule has 6 nitrogen and oxygen atoms in total. The van der Waals surface area contributed by atoms with Gasteiger partial charge in [0.25, 0.3) is 0 Å². The van der Waals surface area contributed by atoms with Gasteiger partial charge < -0.3 is 20.1 Å². The standard InChI is InChI=1S/C34H48O6/c1-21(29(14-15-31(2,3)38)40-30(37)22-9-7-6-8-10-22)24-13-18-34(39)26-20-28(36)27-19-23(35)11-16-32(27,4)25(26)12-17-33(24,34)5/h6-10,20-21,23-25,27,29,35,38-39H,11-19H2,1-5H3. The molecule has 4 aliphatic carbocycles. The van der Waals surface area contributed by atoms with E-state index >= 15 is 0 Å². The number of allylic oxidation sites excluding steroid dienone is 1. The smallest absolute Gasteiger partial charge is 0.338 e. The number of hydrogen-bond acceptors (Lipinski definition) is 6. The van der Waals surface area contributed by atoms with E-state index in [9.17, 15) is 24.9 Å². The predicted octanol–water partition coefficient (Wildman–Crippen LogP) is 5.63. The summed E-state index contributed by atoms with van der Waals surface area (Å²) < 4.78 is 6.16. The fourth-order valence-corrected chi connectivity index (χ4v) is 9.16. The Balaban J connectivity index is 1.43. The fraction of sp³-hybridized carbons (Fsp3) is 0.706. The molecule has 220 valence electrons. The van der Waals surface area contributed by atoms with Gasteiger partial charge in [0.2, 0.25) is 0 Å². The number of esters is 1. The maximum Gasteiger partial charge on any atom is 0.338 e. The highest BCUT2D eigenvalue weighted by molar-refractivity contribution is 5.95. The Kier molecular flexibility index (Phi) is 7.63. The molecule has 9 unspecified atom stereocenters. The maximum absolute atomic E-state index is 13.4. The van der Waals surface area contributed by atoms with E-state index in [0.717, 1.165) is 31.3 Å². The molecule has 0 radical (unpaired) electrons. The lowest BCUT2D eigenvalue weighted by Gasteiger charge is -2.59. The first-order valence-corrected chi connectivity index (χ1v) is 15.3. The highest BCUT2D eigenvalue weighted by Crippen LogP contribution is 2.68. The zero-order valence-corrected chi connectivity index (χ0v) is 24.9. The van der Waals surface area contributed by atoms with Crippen LogP contribution in [0.3, 0.4) is 0 Å². The lowest BCUT2D eigenvalue weighted by atomic mass is 9.46. The molecule has 3 N–H and O–H groups in total. The number of hydrogen-bond donors (Lipinski definition) is 3. The molecule has 0 saturated heterocycles. The second-order valence-electron chi connectivity index (χ2n) is 14.5. The number of aliphatic hydroxyl groups is 3. The van der Waals surface area contributed by atoms with Crippen molar-refractivity contribution in [3.05, 3.63) is 47.5 Å². The lowest BCUT2D eigenvalue weighted by Crippen LogP contribution is -2.59. The van der Waals surface area contributed by atoms with Crippen molar-refractivity contribution in [3.63, 3.8) is 0 Å². The summed E-state index contributed by atoms with van der Waals surface area (Å²) in [6, 6.07) is 9.01. The Morgan fingerprint density at radius 3 is 2.45 bits per heavy atom. The van der Waals surface area contributed by atoms with Crippen LogP contribution >= 0.6 is 0 Å². The molecule has 4 aliphatic rings. The molecule has 1 aromatic carbocycles. The van der Waals surface area contributed by atoms with Gasteiger partial charge in [-0.1, -0.05) is 39.0 Å². The number of fused-ring (bicyclic) bond motifs is 5. The summed E-state index contributed by atoms with van der Waals surface area (Å²) in [6.07, 6.45) is 7.06. The van der Waals surface area contributed by atoms with Crippen LogP contribution in [-0.4, -0.2) is 50.5 Å². The van der Waals surface area contributed by atoms with Gasteiger partial charge in [-0.05, 0) is 119 Å². The molecular formula is C34H48O6. The summed E-state index contributed by atoms with van der Waals surface area (Å²) in [5.41, 5.74) is -1.25. The van der Waals surface area contributed by atoms with Crippen molar-refractivity contribution in [1.29, 1.82) is 0 Å². The van der Waals surface area contributed by atoms with Crippen LogP contribution in [0.4, 0.5) is 0 Å². The first-order valence-electron chi connectivity index (χ1n) is 15.3. The van der Waals surface area contributed by atoms with Crippen molar-refractivity contribution in [1.82, 2.24) is 0 Å². The van der Waals surface area contributed by atoms with Crippen LogP contribution in [0, 0.1) is 34.5 Å². The number of carbonyl (C=O) groups excluding carboxylic acids is 2. The average Bonchev–Trinajstić information content (AvgIpc) is 3.18. The quantitative estimate of drug-likeness (QED) is 0.379. The molecule has 3 fully saturated rings. The first-order chi connectivity index (χ1) is 18.7. The minimum atomic E-state index is -1.08. The average molecular weight is 553 g/mol. The summed E-state index contributed by atoms with van der Waals surface area (Å²) in [5.74, 6) is -0.313. The number of carbonyl (C=O) groups is 2. The van der Waals surface area contributed by atoms with E-state index in [1.54, 1.807) is 32.1 Å². The Labute approximate surface area is 239 Å². The third kappa shape index (κ3) is 4.88. The van der Waals surface area contributed by atoms with E-state index in [0.29, 0.717) is 37.7 Å². The topological polar surface area (TPSA) is 104 Å². The van der Waals surface area contributed by atoms with E-state index in [4.69, 9.17) is 4.74 Å². The molecule has 3 saturated carbocycles. The summed E-state index contributed by atoms with van der Waals surface area (Å²) in [7, 11) is 0. The molecule has 1 aromatic rings. The van der Waals surface area contributed by atoms with Crippen LogP contribution < -0.4 is 0 Å². The van der Waals surface area contributed by atoms with Gasteiger partial charge in [-0.25, -0.2) is 4.79 Å². The van der Waals surface area contributed by atoms with E-state index in [-0.39, 0.29) is 40.8 Å². The SMILES string of the molecule is CC(C(CCC(C)(C)O)OC(=O)c1ccccc1)C1CCC2(O)C3=CC(=O)C4CC(O)CCC4(C)C3CCC12C. The van der Waals surface area contributed by atoms with Crippen LogP contribution in [0.2, 0.25) is 0 Å². The molecule has 0 heterocycles. The zero-order valence-electron chi connectivity index (χ0n) is 24.9. The first kappa shape index (κ1) is 29.5. The van der Waals surface area contributed by atoms with Crippen molar-refractivity contribution in [2.75, 3.05) is 0 Å². The Bertz CT molecular complexity index is 1150. The fourth-order valence-electron chi connectivity index (χ4n) is 9.16. The monoisotopic (exact) mass is 552 g/mol. The van der Waals surface area contributed by atoms with Crippen LogP contribution in [0.15, 0.2) is 42.0 Å². The summed E-state index contributed by atoms with van der Waals surface area (Å²) >= 11 is 0. The summed E-state index contributed by atoms with van der Waals surface area (Å²) in [5, 5.41) is 33.4. The zero-order chi connectivity index (χ0) is 29.1. The van der Waals surface area contributed by atoms with Gasteiger partial charge in [-0.2, -0.15) is 0 Å². The number of benzene rings is 1. The van der Waals surface area contributed by atoms with Gasteiger partial charge in [0, 0.05) is 11.3 Å². The second-order valence-corrected chi connectivity index (χ2v) is 14.5. The lowest BCUT2D eigenvalue weighted by molar-refractivity contribution is -0.142. The van der Waals surface area contributed by atoms with Crippen molar-refractivity contribution >= 4 is 11.8 Å². The minimum absolute atomic E-state index is 0.0429. The highest BCUT2D eigenvalue weighted by Gasteiger charge is 2.66. The van der Waals surface area contributed by atoms with Gasteiger partial charge >= 0.3 is 5.97 Å². The van der Waals surface area contributed by atoms with Gasteiger partial charge in [0.1, 0.15) is 6.10 Å². The molecule has 40 heavy (non-hydrogen) atoms. The van der Waals surface area contributed by atoms with Gasteiger partial charge in [-0.3, -0.25) is 4.79 Å². The van der Waals surface area contributed by atoms with Gasteiger partial charge in [-0.15, -0.1) is 0 Å². The van der Waals surface area contributed by atoms with Crippen molar-refractivity contribution in [2.45, 2.75) is 116 Å². The van der Waals surface area contributed by atoms with E-state index < -0.39 is 28.8 Å². The molecule has 0 amide bonds. The van der Waals surface area contributed by atoms with Crippen LogP contribution in [-0.2, 0) is 9.53 Å². The minimum Gasteiger partial charge on any atom is -0.458 e. The summed E-state index contributed by atoms with van der Waals surface area (Å²) in [6.45, 7) is 10.1. The Morgan fingerprint density at radius 2 is 1.77 bits per heavy atom. The van der Waals surface area contributed by atoms with Crippen LogP contribution in [0.25, 0.3) is 0 Å². The van der Waals surface area contributed by atoms with E-state index in [1.165, 1.54) is 0 Å². The molecule has 5 rings (SSSR count). The number of ether oxygens (including phenoxy) is 1. The summed E-state index contributed by atoms with van der Waals surface area (Å²) in [4.78, 5) is 26.6. The third-order valence-electron chi connectivity index (χ3n) is 11.7. The number of rotatable bonds is 7. The predicted molar refractivity (Wildman–Crippen MR) is 153 cm³/mol. The van der Waals surface area contributed by atoms with Gasteiger partial charge in [0.15, 0.2) is 5.78 Å². The molecule has 9 atom stereocenters. The van der Waals surface area contributed by atoms with Crippen LogP contribution in [0.5, 0.6) is 0 Å². The Morgan fingerprint density at radius 1 is 1.07 bits per heavy atom. The van der Waals surface area contributed by atoms with E-state index in [1.807, 2.05) is 18.2 Å². The maximum atomic E-state index is 13.4. The molecule has 0 aliphatic heterocycles. The highest BCUT2D eigenvalue weighted by atomic mass is 16.5. The molecule has 0 spiro atoms. The van der Waals surface area contributed by atoms with Gasteiger partial charge in [0.05, 0.1) is 22.9 Å². The second kappa shape index (κ2) is 10.4. The van der Waals surface area contributed by atoms with E-state index in [2.05, 4.69) is 20.8 Å². The van der Waals surface area contributed by atoms with Crippen molar-refractivity contribution < 1.29 is 29.6 Å².